The molecule has 0 aromatic rings. The summed E-state index contributed by atoms with van der Waals surface area (Å²) in [6.07, 6.45) is 0. The lowest BCUT2D eigenvalue weighted by Gasteiger charge is -2.14. The molecule has 4 N–H and O–H groups in total. The van der Waals surface area contributed by atoms with Crippen LogP contribution in [-0.4, -0.2) is 17.1 Å². The van der Waals surface area contributed by atoms with Crippen LogP contribution in [0.5, 0.6) is 0 Å². The predicted molar refractivity (Wildman–Crippen MR) is 43.0 cm³/mol. The van der Waals surface area contributed by atoms with Crippen molar-refractivity contribution in [3.8, 4) is 0 Å². The number of nitrogens with one attached hydrogen (secondary N) is 1. The van der Waals surface area contributed by atoms with Crippen molar-refractivity contribution >= 4 is 18.9 Å². The van der Waals surface area contributed by atoms with Gasteiger partial charge in [-0.15, -0.1) is 12.4 Å². The van der Waals surface area contributed by atoms with Gasteiger partial charge >= 0.3 is 0 Å². The van der Waals surface area contributed by atoms with Gasteiger partial charge in [-0.1, -0.05) is 0 Å². The van der Waals surface area contributed by atoms with Crippen molar-refractivity contribution in [3.05, 3.63) is 0 Å². The van der Waals surface area contributed by atoms with E-state index >= 15 is 0 Å². The topological polar surface area (TPSA) is 75.3 Å². The van der Waals surface area contributed by atoms with E-state index in [1.165, 1.54) is 0 Å². The summed E-state index contributed by atoms with van der Waals surface area (Å²) >= 11 is 0. The molecule has 10 heavy (non-hydrogen) atoms. The lowest BCUT2D eigenvalue weighted by Crippen LogP contribution is -2.41. The normalized spacial score (nSPS) is 8.40. The van der Waals surface area contributed by atoms with E-state index in [4.69, 9.17) is 15.7 Å². The van der Waals surface area contributed by atoms with Crippen LogP contribution in [0.1, 0.15) is 20.8 Å². The van der Waals surface area contributed by atoms with E-state index in [-0.39, 0.29) is 24.4 Å². The van der Waals surface area contributed by atoms with Crippen molar-refractivity contribution in [3.63, 3.8) is 0 Å². The average Bonchev–Trinajstić information content (AvgIpc) is 1.67. The van der Waals surface area contributed by atoms with E-state index in [1.807, 2.05) is 20.8 Å². The minimum absolute atomic E-state index is 0. The SMILES string of the molecule is CC(C)(C)NN.Cl.O=CO. The molecule has 0 aliphatic rings. The van der Waals surface area contributed by atoms with Gasteiger partial charge in [-0.3, -0.25) is 16.1 Å². The molecule has 0 radical (unpaired) electrons. The van der Waals surface area contributed by atoms with Crippen molar-refractivity contribution in [1.29, 1.82) is 0 Å². The Labute approximate surface area is 67.2 Å². The molecule has 0 heterocycles. The molecule has 0 aliphatic heterocycles. The predicted octanol–water partition coefficient (Wildman–Crippen LogP) is 0.371. The second kappa shape index (κ2) is 8.68. The van der Waals surface area contributed by atoms with Crippen LogP contribution in [0, 0.1) is 0 Å². The molecule has 0 fully saturated rings. The second-order valence-corrected chi connectivity index (χ2v) is 2.50. The molecule has 64 valence electrons. The van der Waals surface area contributed by atoms with Crippen LogP contribution in [-0.2, 0) is 4.79 Å². The summed E-state index contributed by atoms with van der Waals surface area (Å²) in [7, 11) is 0. The third-order valence-electron chi connectivity index (χ3n) is 0.433. The molecule has 4 nitrogen and oxygen atoms in total. The average molecular weight is 171 g/mol. The van der Waals surface area contributed by atoms with Gasteiger partial charge in [-0.05, 0) is 20.8 Å². The maximum atomic E-state index is 8.36. The first-order chi connectivity index (χ1) is 3.97. The number of hydrazine groups is 1. The third-order valence-corrected chi connectivity index (χ3v) is 0.433. The number of halogens is 1. The molecular weight excluding hydrogens is 156 g/mol. The highest BCUT2D eigenvalue weighted by atomic mass is 35.5. The maximum Gasteiger partial charge on any atom is 0.290 e. The van der Waals surface area contributed by atoms with E-state index in [2.05, 4.69) is 5.43 Å². The Hall–Kier alpha value is -0.320. The number of carbonyl (C=O) groups is 1. The molecule has 0 aromatic heterocycles. The standard InChI is InChI=1S/C4H12N2.CH2O2.ClH/c1-4(2,3)6-5;2-1-3;/h6H,5H2,1-3H3;1H,(H,2,3);1H. The summed E-state index contributed by atoms with van der Waals surface area (Å²) in [4.78, 5) is 8.36. The molecule has 0 bridgehead atoms. The Morgan fingerprint density at radius 3 is 1.60 bits per heavy atom. The van der Waals surface area contributed by atoms with E-state index < -0.39 is 0 Å². The van der Waals surface area contributed by atoms with Crippen LogP contribution < -0.4 is 11.3 Å². The largest absolute Gasteiger partial charge is 0.483 e. The summed E-state index contributed by atoms with van der Waals surface area (Å²) < 4.78 is 0. The molecule has 0 spiro atoms. The van der Waals surface area contributed by atoms with Gasteiger partial charge in [0.2, 0.25) is 0 Å². The fourth-order valence-electron chi connectivity index (χ4n) is 0. The molecule has 0 aliphatic carbocycles. The quantitative estimate of drug-likeness (QED) is 0.279. The third kappa shape index (κ3) is 47.7. The number of hydrogen-bond donors (Lipinski definition) is 3. The summed E-state index contributed by atoms with van der Waals surface area (Å²) in [5.74, 6) is 5.06. The number of carboxylic acid groups (broad SMARTS) is 1. The Bertz CT molecular complexity index is 72.5. The first kappa shape index (κ1) is 16.3. The van der Waals surface area contributed by atoms with Gasteiger partial charge in [0, 0.05) is 5.54 Å². The second-order valence-electron chi connectivity index (χ2n) is 2.50. The highest BCUT2D eigenvalue weighted by molar-refractivity contribution is 5.85. The van der Waals surface area contributed by atoms with Gasteiger partial charge in [0.05, 0.1) is 0 Å². The summed E-state index contributed by atoms with van der Waals surface area (Å²) in [6.45, 7) is 5.77. The maximum absolute atomic E-state index is 8.36. The summed E-state index contributed by atoms with van der Waals surface area (Å²) in [5.41, 5.74) is 2.67. The van der Waals surface area contributed by atoms with Gasteiger partial charge in [-0.25, -0.2) is 0 Å². The first-order valence-electron chi connectivity index (χ1n) is 2.53. The van der Waals surface area contributed by atoms with Gasteiger partial charge < -0.3 is 5.11 Å². The van der Waals surface area contributed by atoms with Crippen LogP contribution in [0.4, 0.5) is 0 Å². The smallest absolute Gasteiger partial charge is 0.290 e. The Balaban J connectivity index is -0.000000107. The molecule has 0 amide bonds. The molecule has 0 rings (SSSR count). The number of hydrogen-bond acceptors (Lipinski definition) is 3. The first-order valence-corrected chi connectivity index (χ1v) is 2.53. The van der Waals surface area contributed by atoms with Crippen LogP contribution >= 0.6 is 12.4 Å². The molecular formula is C5H15ClN2O2. The van der Waals surface area contributed by atoms with E-state index in [1.54, 1.807) is 0 Å². The molecule has 0 unspecified atom stereocenters. The van der Waals surface area contributed by atoms with Crippen LogP contribution in [0.2, 0.25) is 0 Å². The van der Waals surface area contributed by atoms with Gasteiger partial charge in [0.15, 0.2) is 0 Å². The molecule has 5 heteroatoms. The highest BCUT2D eigenvalue weighted by Gasteiger charge is 2.02. The monoisotopic (exact) mass is 170 g/mol. The summed E-state index contributed by atoms with van der Waals surface area (Å²) in [5, 5.41) is 6.89. The minimum atomic E-state index is -0.250. The van der Waals surface area contributed by atoms with Crippen molar-refractivity contribution in [2.45, 2.75) is 26.3 Å². The van der Waals surface area contributed by atoms with Gasteiger partial charge in [0.1, 0.15) is 0 Å². The Morgan fingerprint density at radius 1 is 1.50 bits per heavy atom. The van der Waals surface area contributed by atoms with E-state index in [9.17, 15) is 0 Å². The Kier molecular flexibility index (Phi) is 14.2. The highest BCUT2D eigenvalue weighted by Crippen LogP contribution is 1.92. The van der Waals surface area contributed by atoms with Crippen molar-refractivity contribution in [2.24, 2.45) is 5.84 Å². The fraction of sp³-hybridized carbons (Fsp3) is 0.800. The molecule has 0 atom stereocenters. The Morgan fingerprint density at radius 2 is 1.60 bits per heavy atom. The van der Waals surface area contributed by atoms with Crippen molar-refractivity contribution in [2.75, 3.05) is 0 Å². The van der Waals surface area contributed by atoms with Crippen molar-refractivity contribution < 1.29 is 9.90 Å². The van der Waals surface area contributed by atoms with Gasteiger partial charge in [-0.2, -0.15) is 0 Å². The lowest BCUT2D eigenvalue weighted by molar-refractivity contribution is -0.122. The fourth-order valence-corrected chi connectivity index (χ4v) is 0. The zero-order valence-corrected chi connectivity index (χ0v) is 7.23. The number of rotatable bonds is 0. The lowest BCUT2D eigenvalue weighted by atomic mass is 10.1. The zero-order chi connectivity index (χ0) is 7.91. The molecule has 0 saturated carbocycles. The molecule has 0 aromatic carbocycles. The zero-order valence-electron chi connectivity index (χ0n) is 6.42. The minimum Gasteiger partial charge on any atom is -0.483 e. The molecule has 0 saturated heterocycles. The van der Waals surface area contributed by atoms with E-state index in [0.29, 0.717) is 0 Å². The van der Waals surface area contributed by atoms with Gasteiger partial charge in [0.25, 0.3) is 6.47 Å². The van der Waals surface area contributed by atoms with Crippen LogP contribution in [0.25, 0.3) is 0 Å². The van der Waals surface area contributed by atoms with Crippen LogP contribution in [0.3, 0.4) is 0 Å². The van der Waals surface area contributed by atoms with E-state index in [0.717, 1.165) is 0 Å². The van der Waals surface area contributed by atoms with Crippen molar-refractivity contribution in [1.82, 2.24) is 5.43 Å². The summed E-state index contributed by atoms with van der Waals surface area (Å²) in [6, 6.07) is 0. The van der Waals surface area contributed by atoms with Crippen LogP contribution in [0.15, 0.2) is 0 Å². The number of nitrogens with two attached hydrogens (primary N) is 1.